The molecule has 0 unspecified atom stereocenters. The number of nitrogens with zero attached hydrogens (tertiary/aromatic N) is 4. The van der Waals surface area contributed by atoms with E-state index in [1.54, 1.807) is 42.2 Å². The van der Waals surface area contributed by atoms with Crippen LogP contribution in [0.1, 0.15) is 56.2 Å². The molecule has 1 aromatic carbocycles. The Kier molecular flexibility index (Phi) is 11.4. The first kappa shape index (κ1) is 29.0. The molecule has 3 aromatic rings. The van der Waals surface area contributed by atoms with Gasteiger partial charge in [-0.3, -0.25) is 14.4 Å². The first-order chi connectivity index (χ1) is 18.4. The minimum atomic E-state index is -0.711. The van der Waals surface area contributed by atoms with Crippen molar-refractivity contribution >= 4 is 23.6 Å². The number of hydrogen-bond donors (Lipinski definition) is 2. The predicted octanol–water partition coefficient (Wildman–Crippen LogP) is 3.26. The largest absolute Gasteiger partial charge is 0.354 e. The molecule has 0 spiro atoms. The van der Waals surface area contributed by atoms with Crippen LogP contribution < -0.4 is 16.2 Å². The average Bonchev–Trinajstić information content (AvgIpc) is 2.90. The Balaban J connectivity index is 1.71. The third-order valence-electron chi connectivity index (χ3n) is 5.73. The maximum absolute atomic E-state index is 13.3. The molecule has 0 radical (unpaired) electrons. The summed E-state index contributed by atoms with van der Waals surface area (Å²) >= 11 is 1.27. The molecule has 2 amide bonds. The van der Waals surface area contributed by atoms with Gasteiger partial charge in [0.05, 0.1) is 0 Å². The van der Waals surface area contributed by atoms with Gasteiger partial charge in [-0.2, -0.15) is 4.98 Å². The van der Waals surface area contributed by atoms with Gasteiger partial charge in [-0.25, -0.2) is 14.4 Å². The summed E-state index contributed by atoms with van der Waals surface area (Å²) in [6.07, 6.45) is 10.7. The van der Waals surface area contributed by atoms with Crippen molar-refractivity contribution in [1.82, 2.24) is 30.2 Å². The second-order valence-corrected chi connectivity index (χ2v) is 9.90. The van der Waals surface area contributed by atoms with Gasteiger partial charge in [0.25, 0.3) is 5.56 Å². The molecule has 0 saturated heterocycles. The Labute approximate surface area is 225 Å². The smallest absolute Gasteiger partial charge is 0.277 e. The Bertz CT molecular complexity index is 1250. The van der Waals surface area contributed by atoms with E-state index < -0.39 is 11.6 Å². The zero-order valence-corrected chi connectivity index (χ0v) is 22.5. The van der Waals surface area contributed by atoms with Crippen molar-refractivity contribution in [3.63, 3.8) is 0 Å². The monoisotopic (exact) mass is 540 g/mol. The van der Waals surface area contributed by atoms with E-state index in [1.165, 1.54) is 30.2 Å². The van der Waals surface area contributed by atoms with Gasteiger partial charge in [-0.05, 0) is 36.6 Å². The molecule has 0 aliphatic heterocycles. The Morgan fingerprint density at radius 3 is 2.53 bits per heavy atom. The number of thioether (sulfide) groups is 1. The highest BCUT2D eigenvalue weighted by atomic mass is 32.2. The maximum atomic E-state index is 13.3. The zero-order valence-electron chi connectivity index (χ0n) is 21.7. The van der Waals surface area contributed by atoms with Crippen LogP contribution in [0.4, 0.5) is 4.39 Å². The fourth-order valence-corrected chi connectivity index (χ4v) is 4.58. The molecule has 0 saturated carbocycles. The molecule has 2 heterocycles. The van der Waals surface area contributed by atoms with Gasteiger partial charge < -0.3 is 15.2 Å². The van der Waals surface area contributed by atoms with Gasteiger partial charge in [0, 0.05) is 42.9 Å². The summed E-state index contributed by atoms with van der Waals surface area (Å²) in [6.45, 7) is 4.19. The molecule has 2 N–H and O–H groups in total. The number of benzene rings is 1. The quantitative estimate of drug-likeness (QED) is 0.183. The van der Waals surface area contributed by atoms with Gasteiger partial charge in [-0.1, -0.05) is 50.1 Å². The van der Waals surface area contributed by atoms with E-state index in [0.29, 0.717) is 23.0 Å². The lowest BCUT2D eigenvalue weighted by atomic mass is 10.1. The Hall–Kier alpha value is -3.60. The van der Waals surface area contributed by atoms with Crippen LogP contribution in [-0.4, -0.2) is 43.9 Å². The van der Waals surface area contributed by atoms with Gasteiger partial charge in [0.2, 0.25) is 11.8 Å². The van der Waals surface area contributed by atoms with Crippen molar-refractivity contribution in [1.29, 1.82) is 0 Å². The van der Waals surface area contributed by atoms with Crippen molar-refractivity contribution in [3.05, 3.63) is 82.0 Å². The van der Waals surface area contributed by atoms with Crippen LogP contribution in [0.3, 0.4) is 0 Å². The lowest BCUT2D eigenvalue weighted by molar-refractivity contribution is -0.128. The second kappa shape index (κ2) is 15.0. The number of rotatable bonds is 14. The van der Waals surface area contributed by atoms with Crippen molar-refractivity contribution in [3.8, 4) is 0 Å². The van der Waals surface area contributed by atoms with Crippen LogP contribution in [-0.2, 0) is 28.3 Å². The summed E-state index contributed by atoms with van der Waals surface area (Å²) < 4.78 is 14.9. The lowest BCUT2D eigenvalue weighted by Gasteiger charge is -2.17. The Morgan fingerprint density at radius 1 is 1.08 bits per heavy atom. The fraction of sp³-hybridized carbons (Fsp3) is 0.407. The molecule has 3 rings (SSSR count). The molecule has 0 fully saturated rings. The SMILES string of the molecule is CCCCCCNC(=O)[C@@H](C)NC(=O)Cn1cc(Cc2cncnc2)c(=O)nc1SCc1ccc(F)cc1. The van der Waals surface area contributed by atoms with E-state index in [0.717, 1.165) is 36.8 Å². The fourth-order valence-electron chi connectivity index (χ4n) is 3.66. The minimum Gasteiger partial charge on any atom is -0.354 e. The topological polar surface area (TPSA) is 119 Å². The van der Waals surface area contributed by atoms with E-state index in [4.69, 9.17) is 0 Å². The van der Waals surface area contributed by atoms with Crippen molar-refractivity contribution in [2.75, 3.05) is 6.54 Å². The number of amides is 2. The van der Waals surface area contributed by atoms with E-state index in [9.17, 15) is 18.8 Å². The van der Waals surface area contributed by atoms with Crippen LogP contribution in [0.5, 0.6) is 0 Å². The summed E-state index contributed by atoms with van der Waals surface area (Å²) in [5.74, 6) is -0.541. The molecule has 0 aliphatic rings. The summed E-state index contributed by atoms with van der Waals surface area (Å²) in [5.41, 5.74) is 1.55. The highest BCUT2D eigenvalue weighted by molar-refractivity contribution is 7.98. The zero-order chi connectivity index (χ0) is 27.3. The number of aromatic nitrogens is 4. The van der Waals surface area contributed by atoms with Gasteiger partial charge in [-0.15, -0.1) is 0 Å². The van der Waals surface area contributed by atoms with Crippen molar-refractivity contribution < 1.29 is 14.0 Å². The van der Waals surface area contributed by atoms with Crippen LogP contribution in [0, 0.1) is 5.82 Å². The van der Waals surface area contributed by atoms with E-state index in [-0.39, 0.29) is 30.6 Å². The van der Waals surface area contributed by atoms with E-state index >= 15 is 0 Å². The standard InChI is InChI=1S/C27H33FN6O3S/c1-3-4-5-6-11-31-25(36)19(2)32-24(35)16-34-15-22(12-21-13-29-18-30-14-21)26(37)33-27(34)38-17-20-7-9-23(28)10-8-20/h7-10,13-15,18-19H,3-6,11-12,16-17H2,1-2H3,(H,31,36)(H,32,35)/t19-/m1/s1. The Morgan fingerprint density at radius 2 is 1.82 bits per heavy atom. The third kappa shape index (κ3) is 9.37. The molecule has 38 heavy (non-hydrogen) atoms. The van der Waals surface area contributed by atoms with Crippen molar-refractivity contribution in [2.24, 2.45) is 0 Å². The summed E-state index contributed by atoms with van der Waals surface area (Å²) in [5, 5.41) is 5.92. The summed E-state index contributed by atoms with van der Waals surface area (Å²) in [7, 11) is 0. The second-order valence-electron chi connectivity index (χ2n) is 8.96. The van der Waals surface area contributed by atoms with Gasteiger partial charge in [0.15, 0.2) is 5.16 Å². The van der Waals surface area contributed by atoms with Crippen LogP contribution in [0.2, 0.25) is 0 Å². The lowest BCUT2D eigenvalue weighted by Crippen LogP contribution is -2.46. The minimum absolute atomic E-state index is 0.133. The molecular formula is C27H33FN6O3S. The molecule has 2 aromatic heterocycles. The van der Waals surface area contributed by atoms with Crippen LogP contribution in [0.15, 0.2) is 59.1 Å². The summed E-state index contributed by atoms with van der Waals surface area (Å²) in [6, 6.07) is 5.33. The number of hydrogen-bond acceptors (Lipinski definition) is 7. The van der Waals surface area contributed by atoms with E-state index in [2.05, 4.69) is 32.5 Å². The van der Waals surface area contributed by atoms with Crippen molar-refractivity contribution in [2.45, 2.75) is 69.4 Å². The molecule has 0 bridgehead atoms. The molecule has 1 atom stereocenters. The molecule has 0 aliphatic carbocycles. The average molecular weight is 541 g/mol. The highest BCUT2D eigenvalue weighted by Gasteiger charge is 2.18. The number of unbranched alkanes of at least 4 members (excludes halogenated alkanes) is 3. The number of nitrogens with one attached hydrogen (secondary N) is 2. The first-order valence-corrected chi connectivity index (χ1v) is 13.6. The molecule has 202 valence electrons. The van der Waals surface area contributed by atoms with E-state index in [1.807, 2.05) is 0 Å². The van der Waals surface area contributed by atoms with Crippen LogP contribution in [0.25, 0.3) is 0 Å². The highest BCUT2D eigenvalue weighted by Crippen LogP contribution is 2.21. The number of halogens is 1. The first-order valence-electron chi connectivity index (χ1n) is 12.6. The van der Waals surface area contributed by atoms with Crippen LogP contribution >= 0.6 is 11.8 Å². The van der Waals surface area contributed by atoms with Gasteiger partial charge in [0.1, 0.15) is 24.7 Å². The molecule has 11 heteroatoms. The predicted molar refractivity (Wildman–Crippen MR) is 144 cm³/mol. The third-order valence-corrected chi connectivity index (χ3v) is 6.80. The maximum Gasteiger partial charge on any atom is 0.277 e. The molecule has 9 nitrogen and oxygen atoms in total. The van der Waals surface area contributed by atoms with Gasteiger partial charge >= 0.3 is 0 Å². The number of carbonyl (C=O) groups is 2. The number of carbonyl (C=O) groups excluding carboxylic acids is 2. The molecular weight excluding hydrogens is 507 g/mol. The normalized spacial score (nSPS) is 11.7. The summed E-state index contributed by atoms with van der Waals surface area (Å²) in [4.78, 5) is 50.2.